The first-order chi connectivity index (χ1) is 8.52. The maximum atomic E-state index is 13.7. The van der Waals surface area contributed by atoms with Gasteiger partial charge in [0.1, 0.15) is 17.5 Å². The summed E-state index contributed by atoms with van der Waals surface area (Å²) in [7, 11) is 0. The Morgan fingerprint density at radius 3 is 2.28 bits per heavy atom. The summed E-state index contributed by atoms with van der Waals surface area (Å²) in [5, 5.41) is 0. The first-order valence-electron chi connectivity index (χ1n) is 5.26. The molecule has 0 amide bonds. The zero-order chi connectivity index (χ0) is 13.3. The van der Waals surface area contributed by atoms with Crippen LogP contribution in [-0.2, 0) is 0 Å². The van der Waals surface area contributed by atoms with Gasteiger partial charge in [0.2, 0.25) is 5.78 Å². The van der Waals surface area contributed by atoms with Crippen molar-refractivity contribution in [3.63, 3.8) is 0 Å². The molecule has 0 atom stereocenters. The Morgan fingerprint density at radius 2 is 1.61 bits per heavy atom. The monoisotopic (exact) mass is 250 g/mol. The van der Waals surface area contributed by atoms with Crippen LogP contribution in [0.25, 0.3) is 0 Å². The van der Waals surface area contributed by atoms with E-state index in [1.807, 2.05) is 0 Å². The minimum atomic E-state index is -0.994. The summed E-state index contributed by atoms with van der Waals surface area (Å²) >= 11 is 0. The Kier molecular flexibility index (Phi) is 3.19. The highest BCUT2D eigenvalue weighted by Crippen LogP contribution is 2.21. The van der Waals surface area contributed by atoms with Gasteiger partial charge in [-0.3, -0.25) is 4.79 Å². The lowest BCUT2D eigenvalue weighted by atomic mass is 10.00. The Balaban J connectivity index is 2.61. The minimum Gasteiger partial charge on any atom is -0.288 e. The maximum absolute atomic E-state index is 13.7. The van der Waals surface area contributed by atoms with Crippen molar-refractivity contribution in [3.8, 4) is 0 Å². The smallest absolute Gasteiger partial charge is 0.201 e. The van der Waals surface area contributed by atoms with Crippen LogP contribution in [0.15, 0.2) is 36.4 Å². The molecule has 0 bridgehead atoms. The Morgan fingerprint density at radius 1 is 0.944 bits per heavy atom. The van der Waals surface area contributed by atoms with Crippen LogP contribution in [0.3, 0.4) is 0 Å². The molecule has 0 N–H and O–H groups in total. The molecule has 0 aromatic heterocycles. The molecule has 0 saturated heterocycles. The molecule has 0 fully saturated rings. The van der Waals surface area contributed by atoms with Gasteiger partial charge in [-0.1, -0.05) is 18.2 Å². The first kappa shape index (κ1) is 12.4. The van der Waals surface area contributed by atoms with E-state index >= 15 is 0 Å². The van der Waals surface area contributed by atoms with Crippen LogP contribution in [0.5, 0.6) is 0 Å². The van der Waals surface area contributed by atoms with E-state index < -0.39 is 28.8 Å². The average Bonchev–Trinajstić information content (AvgIpc) is 2.35. The lowest BCUT2D eigenvalue weighted by Gasteiger charge is -2.07. The molecule has 2 aromatic rings. The number of benzene rings is 2. The summed E-state index contributed by atoms with van der Waals surface area (Å²) in [4.78, 5) is 11.9. The van der Waals surface area contributed by atoms with E-state index in [1.54, 1.807) is 0 Å². The third kappa shape index (κ3) is 2.01. The van der Waals surface area contributed by atoms with Crippen molar-refractivity contribution >= 4 is 5.78 Å². The lowest BCUT2D eigenvalue weighted by Crippen LogP contribution is -2.10. The zero-order valence-corrected chi connectivity index (χ0v) is 9.51. The third-order valence-corrected chi connectivity index (χ3v) is 2.63. The molecule has 2 rings (SSSR count). The van der Waals surface area contributed by atoms with E-state index in [0.717, 1.165) is 12.1 Å². The standard InChI is InChI=1S/C14H9F3O/c1-8-6-7-11(16)12(13(8)17)14(18)9-4-2-3-5-10(9)15/h2-7H,1H3. The number of aryl methyl sites for hydroxylation is 1. The van der Waals surface area contributed by atoms with Crippen molar-refractivity contribution in [1.29, 1.82) is 0 Å². The van der Waals surface area contributed by atoms with Gasteiger partial charge in [-0.05, 0) is 30.7 Å². The molecule has 0 aliphatic rings. The van der Waals surface area contributed by atoms with Gasteiger partial charge in [0.15, 0.2) is 0 Å². The van der Waals surface area contributed by atoms with Crippen LogP contribution in [-0.4, -0.2) is 5.78 Å². The molecular formula is C14H9F3O. The van der Waals surface area contributed by atoms with Crippen LogP contribution in [0.1, 0.15) is 21.5 Å². The Labute approximate surface area is 102 Å². The van der Waals surface area contributed by atoms with Gasteiger partial charge in [-0.25, -0.2) is 13.2 Å². The van der Waals surface area contributed by atoms with Gasteiger partial charge in [0.05, 0.1) is 11.1 Å². The summed E-state index contributed by atoms with van der Waals surface area (Å²) < 4.78 is 40.7. The fraction of sp³-hybridized carbons (Fsp3) is 0.0714. The van der Waals surface area contributed by atoms with E-state index in [1.165, 1.54) is 31.2 Å². The van der Waals surface area contributed by atoms with Gasteiger partial charge in [0, 0.05) is 0 Å². The van der Waals surface area contributed by atoms with Crippen LogP contribution in [0.4, 0.5) is 13.2 Å². The fourth-order valence-corrected chi connectivity index (χ4v) is 1.64. The van der Waals surface area contributed by atoms with Crippen LogP contribution in [0, 0.1) is 24.4 Å². The SMILES string of the molecule is Cc1ccc(F)c(C(=O)c2ccccc2F)c1F. The molecular weight excluding hydrogens is 241 g/mol. The van der Waals surface area contributed by atoms with Gasteiger partial charge in [-0.2, -0.15) is 0 Å². The fourth-order valence-electron chi connectivity index (χ4n) is 1.64. The molecule has 92 valence electrons. The highest BCUT2D eigenvalue weighted by Gasteiger charge is 2.22. The molecule has 0 unspecified atom stereocenters. The lowest BCUT2D eigenvalue weighted by molar-refractivity contribution is 0.102. The van der Waals surface area contributed by atoms with Crippen molar-refractivity contribution < 1.29 is 18.0 Å². The molecule has 0 saturated carbocycles. The third-order valence-electron chi connectivity index (χ3n) is 2.63. The number of carbonyl (C=O) groups is 1. The van der Waals surface area contributed by atoms with Crippen LogP contribution in [0.2, 0.25) is 0 Å². The zero-order valence-electron chi connectivity index (χ0n) is 9.51. The first-order valence-corrected chi connectivity index (χ1v) is 5.26. The average molecular weight is 250 g/mol. The molecule has 0 aliphatic carbocycles. The quantitative estimate of drug-likeness (QED) is 0.743. The van der Waals surface area contributed by atoms with Crippen molar-refractivity contribution in [2.75, 3.05) is 0 Å². The number of hydrogen-bond donors (Lipinski definition) is 0. The summed E-state index contributed by atoms with van der Waals surface area (Å²) in [5.41, 5.74) is -0.933. The van der Waals surface area contributed by atoms with Gasteiger partial charge in [0.25, 0.3) is 0 Å². The van der Waals surface area contributed by atoms with E-state index in [-0.39, 0.29) is 11.1 Å². The summed E-state index contributed by atoms with van der Waals surface area (Å²) in [6.07, 6.45) is 0. The molecule has 0 radical (unpaired) electrons. The largest absolute Gasteiger partial charge is 0.288 e. The predicted octanol–water partition coefficient (Wildman–Crippen LogP) is 3.64. The number of hydrogen-bond acceptors (Lipinski definition) is 1. The van der Waals surface area contributed by atoms with Crippen molar-refractivity contribution in [2.45, 2.75) is 6.92 Å². The minimum absolute atomic E-state index is 0.135. The van der Waals surface area contributed by atoms with Crippen molar-refractivity contribution in [1.82, 2.24) is 0 Å². The van der Waals surface area contributed by atoms with Crippen LogP contribution >= 0.6 is 0 Å². The summed E-state index contributed by atoms with van der Waals surface area (Å²) in [6.45, 7) is 1.41. The number of carbonyl (C=O) groups excluding carboxylic acids is 1. The highest BCUT2D eigenvalue weighted by atomic mass is 19.1. The molecule has 18 heavy (non-hydrogen) atoms. The topological polar surface area (TPSA) is 17.1 Å². The van der Waals surface area contributed by atoms with Crippen molar-refractivity contribution in [2.24, 2.45) is 0 Å². The predicted molar refractivity (Wildman–Crippen MR) is 60.9 cm³/mol. The highest BCUT2D eigenvalue weighted by molar-refractivity contribution is 6.09. The second-order valence-electron chi connectivity index (χ2n) is 3.86. The number of halogens is 3. The molecule has 2 aromatic carbocycles. The van der Waals surface area contributed by atoms with Crippen molar-refractivity contribution in [3.05, 3.63) is 70.5 Å². The molecule has 1 nitrogen and oxygen atoms in total. The molecule has 0 heterocycles. The number of ketones is 1. The second-order valence-corrected chi connectivity index (χ2v) is 3.86. The van der Waals surface area contributed by atoms with E-state index in [2.05, 4.69) is 0 Å². The van der Waals surface area contributed by atoms with Crippen LogP contribution < -0.4 is 0 Å². The van der Waals surface area contributed by atoms with Gasteiger partial charge in [-0.15, -0.1) is 0 Å². The Bertz CT molecular complexity index is 620. The normalized spacial score (nSPS) is 10.4. The maximum Gasteiger partial charge on any atom is 0.201 e. The molecule has 0 aliphatic heterocycles. The summed E-state index contributed by atoms with van der Waals surface area (Å²) in [6, 6.07) is 7.31. The molecule has 4 heteroatoms. The second kappa shape index (κ2) is 4.64. The molecule has 0 spiro atoms. The van der Waals surface area contributed by atoms with E-state index in [9.17, 15) is 18.0 Å². The van der Waals surface area contributed by atoms with E-state index in [0.29, 0.717) is 0 Å². The Hall–Kier alpha value is -2.10. The van der Waals surface area contributed by atoms with Gasteiger partial charge < -0.3 is 0 Å². The number of rotatable bonds is 2. The summed E-state index contributed by atoms with van der Waals surface area (Å²) in [5.74, 6) is -3.75. The van der Waals surface area contributed by atoms with E-state index in [4.69, 9.17) is 0 Å². The van der Waals surface area contributed by atoms with Gasteiger partial charge >= 0.3 is 0 Å².